The van der Waals surface area contributed by atoms with E-state index in [2.05, 4.69) is 11.9 Å². The third-order valence-electron chi connectivity index (χ3n) is 2.85. The van der Waals surface area contributed by atoms with Gasteiger partial charge in [0, 0.05) is 37.4 Å². The first-order valence-corrected chi connectivity index (χ1v) is 7.20. The van der Waals surface area contributed by atoms with E-state index in [1.54, 1.807) is 11.1 Å². The van der Waals surface area contributed by atoms with Crippen molar-refractivity contribution in [3.05, 3.63) is 30.1 Å². The highest BCUT2D eigenvalue weighted by Crippen LogP contribution is 2.02. The molecule has 5 heteroatoms. The topological polar surface area (TPSA) is 68.5 Å². The quantitative estimate of drug-likeness (QED) is 0.741. The van der Waals surface area contributed by atoms with Gasteiger partial charge in [-0.15, -0.1) is 0 Å². The molecule has 0 bridgehead atoms. The first kappa shape index (κ1) is 16.4. The van der Waals surface area contributed by atoms with Crippen LogP contribution in [0, 0.1) is 0 Å². The Hall–Kier alpha value is -1.62. The van der Waals surface area contributed by atoms with Crippen molar-refractivity contribution in [2.75, 3.05) is 19.7 Å². The molecule has 1 aromatic rings. The number of unbranched alkanes of at least 4 members (excludes halogenated alkanes) is 1. The minimum atomic E-state index is -0.285. The molecule has 0 saturated carbocycles. The monoisotopic (exact) mass is 279 g/mol. The van der Waals surface area contributed by atoms with Crippen molar-refractivity contribution in [1.82, 2.24) is 9.88 Å². The van der Waals surface area contributed by atoms with Crippen molar-refractivity contribution in [3.63, 3.8) is 0 Å². The fourth-order valence-corrected chi connectivity index (χ4v) is 1.80. The minimum absolute atomic E-state index is 0.0718. The molecule has 0 aliphatic carbocycles. The standard InChI is InChI=1S/C15H25N3O2/c1-3-4-11-20-15(19)18(12-13(2)16)10-8-14-7-5-6-9-17-14/h5-7,9,13H,3-4,8,10-12,16H2,1-2H3. The molecule has 20 heavy (non-hydrogen) atoms. The summed E-state index contributed by atoms with van der Waals surface area (Å²) in [5.74, 6) is 0. The molecule has 0 spiro atoms. The lowest BCUT2D eigenvalue weighted by Crippen LogP contribution is -2.41. The van der Waals surface area contributed by atoms with Crippen molar-refractivity contribution in [2.45, 2.75) is 39.2 Å². The van der Waals surface area contributed by atoms with Crippen LogP contribution in [0.2, 0.25) is 0 Å². The van der Waals surface area contributed by atoms with Gasteiger partial charge in [-0.25, -0.2) is 4.79 Å². The highest BCUT2D eigenvalue weighted by molar-refractivity contribution is 5.67. The molecular weight excluding hydrogens is 254 g/mol. The van der Waals surface area contributed by atoms with Gasteiger partial charge >= 0.3 is 6.09 Å². The highest BCUT2D eigenvalue weighted by Gasteiger charge is 2.16. The lowest BCUT2D eigenvalue weighted by atomic mass is 10.2. The molecular formula is C15H25N3O2. The molecule has 1 rings (SSSR count). The predicted molar refractivity (Wildman–Crippen MR) is 79.4 cm³/mol. The fraction of sp³-hybridized carbons (Fsp3) is 0.600. The molecule has 5 nitrogen and oxygen atoms in total. The molecule has 0 aromatic carbocycles. The summed E-state index contributed by atoms with van der Waals surface area (Å²) in [6.45, 7) is 5.48. The van der Waals surface area contributed by atoms with Gasteiger partial charge in [0.25, 0.3) is 0 Å². The molecule has 0 radical (unpaired) electrons. The zero-order valence-corrected chi connectivity index (χ0v) is 12.4. The number of aromatic nitrogens is 1. The maximum absolute atomic E-state index is 12.0. The first-order valence-electron chi connectivity index (χ1n) is 7.20. The number of ether oxygens (including phenoxy) is 1. The van der Waals surface area contributed by atoms with Gasteiger partial charge in [-0.05, 0) is 25.5 Å². The zero-order valence-electron chi connectivity index (χ0n) is 12.4. The Labute approximate surface area is 121 Å². The van der Waals surface area contributed by atoms with Gasteiger partial charge in [0.05, 0.1) is 6.61 Å². The second-order valence-electron chi connectivity index (χ2n) is 4.96. The number of nitrogens with zero attached hydrogens (tertiary/aromatic N) is 2. The number of hydrogen-bond acceptors (Lipinski definition) is 4. The van der Waals surface area contributed by atoms with Crippen molar-refractivity contribution < 1.29 is 9.53 Å². The minimum Gasteiger partial charge on any atom is -0.449 e. The second-order valence-corrected chi connectivity index (χ2v) is 4.96. The maximum Gasteiger partial charge on any atom is 0.409 e. The lowest BCUT2D eigenvalue weighted by molar-refractivity contribution is 0.0996. The van der Waals surface area contributed by atoms with E-state index in [9.17, 15) is 4.79 Å². The largest absolute Gasteiger partial charge is 0.449 e. The van der Waals surface area contributed by atoms with E-state index in [1.807, 2.05) is 25.1 Å². The summed E-state index contributed by atoms with van der Waals surface area (Å²) in [6, 6.07) is 5.70. The fourth-order valence-electron chi connectivity index (χ4n) is 1.80. The molecule has 1 atom stereocenters. The van der Waals surface area contributed by atoms with Crippen LogP contribution in [0.25, 0.3) is 0 Å². The van der Waals surface area contributed by atoms with Crippen molar-refractivity contribution in [3.8, 4) is 0 Å². The Morgan fingerprint density at radius 2 is 2.30 bits per heavy atom. The SMILES string of the molecule is CCCCOC(=O)N(CCc1ccccn1)CC(C)N. The summed E-state index contributed by atoms with van der Waals surface area (Å²) >= 11 is 0. The molecule has 0 aliphatic rings. The van der Waals surface area contributed by atoms with Gasteiger partial charge in [0.2, 0.25) is 0 Å². The highest BCUT2D eigenvalue weighted by atomic mass is 16.6. The van der Waals surface area contributed by atoms with Crippen molar-refractivity contribution >= 4 is 6.09 Å². The smallest absolute Gasteiger partial charge is 0.409 e. The third-order valence-corrected chi connectivity index (χ3v) is 2.85. The second kappa shape index (κ2) is 9.31. The Morgan fingerprint density at radius 1 is 1.50 bits per heavy atom. The number of amides is 1. The number of pyridine rings is 1. The maximum atomic E-state index is 12.0. The van der Waals surface area contributed by atoms with Crippen molar-refractivity contribution in [2.24, 2.45) is 5.73 Å². The molecule has 0 aliphatic heterocycles. The lowest BCUT2D eigenvalue weighted by Gasteiger charge is -2.23. The Kier molecular flexibility index (Phi) is 7.65. The van der Waals surface area contributed by atoms with E-state index in [-0.39, 0.29) is 12.1 Å². The van der Waals surface area contributed by atoms with E-state index in [4.69, 9.17) is 10.5 Å². The van der Waals surface area contributed by atoms with Crippen LogP contribution in [0.1, 0.15) is 32.4 Å². The number of hydrogen-bond donors (Lipinski definition) is 1. The molecule has 0 saturated heterocycles. The normalized spacial score (nSPS) is 11.9. The Bertz CT molecular complexity index is 382. The number of rotatable bonds is 8. The van der Waals surface area contributed by atoms with Gasteiger partial charge in [-0.3, -0.25) is 4.98 Å². The van der Waals surface area contributed by atoms with Gasteiger partial charge in [-0.1, -0.05) is 19.4 Å². The summed E-state index contributed by atoms with van der Waals surface area (Å²) in [4.78, 5) is 17.9. The zero-order chi connectivity index (χ0) is 14.8. The summed E-state index contributed by atoms with van der Waals surface area (Å²) in [6.07, 6.45) is 4.07. The molecule has 2 N–H and O–H groups in total. The van der Waals surface area contributed by atoms with E-state index in [1.165, 1.54) is 0 Å². The van der Waals surface area contributed by atoms with Crippen LogP contribution in [0.3, 0.4) is 0 Å². The van der Waals surface area contributed by atoms with Gasteiger partial charge in [0.15, 0.2) is 0 Å². The summed E-state index contributed by atoms with van der Waals surface area (Å²) in [7, 11) is 0. The average Bonchev–Trinajstić information content (AvgIpc) is 2.44. The summed E-state index contributed by atoms with van der Waals surface area (Å²) in [5.41, 5.74) is 6.75. The predicted octanol–water partition coefficient (Wildman–Crippen LogP) is 2.21. The molecule has 0 fully saturated rings. The van der Waals surface area contributed by atoms with Crippen LogP contribution >= 0.6 is 0 Å². The first-order chi connectivity index (χ1) is 9.63. The molecule has 1 unspecified atom stereocenters. The summed E-state index contributed by atoms with van der Waals surface area (Å²) in [5, 5.41) is 0. The van der Waals surface area contributed by atoms with Crippen molar-refractivity contribution in [1.29, 1.82) is 0 Å². The van der Waals surface area contributed by atoms with E-state index < -0.39 is 0 Å². The van der Waals surface area contributed by atoms with E-state index in [0.717, 1.165) is 18.5 Å². The van der Waals surface area contributed by atoms with Crippen LogP contribution in [0.4, 0.5) is 4.79 Å². The number of carbonyl (C=O) groups excluding carboxylic acids is 1. The third kappa shape index (κ3) is 6.52. The molecule has 112 valence electrons. The van der Waals surface area contributed by atoms with Crippen LogP contribution < -0.4 is 5.73 Å². The van der Waals surface area contributed by atoms with Crippen LogP contribution in [0.5, 0.6) is 0 Å². The van der Waals surface area contributed by atoms with Gasteiger partial charge < -0.3 is 15.4 Å². The van der Waals surface area contributed by atoms with Gasteiger partial charge in [0.1, 0.15) is 0 Å². The Morgan fingerprint density at radius 3 is 2.90 bits per heavy atom. The molecule has 1 amide bonds. The Balaban J connectivity index is 2.48. The van der Waals surface area contributed by atoms with E-state index >= 15 is 0 Å². The summed E-state index contributed by atoms with van der Waals surface area (Å²) < 4.78 is 5.24. The average molecular weight is 279 g/mol. The molecule has 1 heterocycles. The number of carbonyl (C=O) groups is 1. The molecule has 1 aromatic heterocycles. The van der Waals surface area contributed by atoms with E-state index in [0.29, 0.717) is 26.1 Å². The van der Waals surface area contributed by atoms with Crippen LogP contribution in [-0.4, -0.2) is 41.7 Å². The number of nitrogens with two attached hydrogens (primary N) is 1. The van der Waals surface area contributed by atoms with Crippen LogP contribution in [-0.2, 0) is 11.2 Å². The van der Waals surface area contributed by atoms with Gasteiger partial charge in [-0.2, -0.15) is 0 Å². The van der Waals surface area contributed by atoms with Crippen LogP contribution in [0.15, 0.2) is 24.4 Å².